The quantitative estimate of drug-likeness (QED) is 0.366. The molecule has 2 amide bonds. The fourth-order valence-electron chi connectivity index (χ4n) is 4.92. The summed E-state index contributed by atoms with van der Waals surface area (Å²) in [6.45, 7) is 6.96. The number of rotatable bonds is 11. The van der Waals surface area contributed by atoms with Crippen LogP contribution in [0.3, 0.4) is 0 Å². The Hall–Kier alpha value is -3.26. The van der Waals surface area contributed by atoms with Crippen molar-refractivity contribution >= 4 is 11.7 Å². The summed E-state index contributed by atoms with van der Waals surface area (Å²) < 4.78 is 0. The molecule has 7 nitrogen and oxygen atoms in total. The second-order valence-electron chi connectivity index (χ2n) is 9.70. The summed E-state index contributed by atoms with van der Waals surface area (Å²) in [5, 5.41) is 16.9. The van der Waals surface area contributed by atoms with E-state index in [4.69, 9.17) is 0 Å². The molecule has 1 saturated heterocycles. The predicted molar refractivity (Wildman–Crippen MR) is 150 cm³/mol. The van der Waals surface area contributed by atoms with Crippen molar-refractivity contribution in [3.8, 4) is 11.1 Å². The molecule has 0 spiro atoms. The SMILES string of the molecule is CCN(CCc1ccccn1)CC(O)CN1CCC(NC(=O)Nc2ccccc2-c2ccccc2)CC1. The summed E-state index contributed by atoms with van der Waals surface area (Å²) >= 11 is 0. The zero-order valence-electron chi connectivity index (χ0n) is 21.7. The maximum absolute atomic E-state index is 12.8. The summed E-state index contributed by atoms with van der Waals surface area (Å²) in [7, 11) is 0. The average molecular weight is 502 g/mol. The van der Waals surface area contributed by atoms with Crippen molar-refractivity contribution in [2.75, 3.05) is 44.6 Å². The minimum Gasteiger partial charge on any atom is -0.390 e. The Kier molecular flexibility index (Phi) is 10.1. The molecule has 1 unspecified atom stereocenters. The van der Waals surface area contributed by atoms with Gasteiger partial charge >= 0.3 is 6.03 Å². The van der Waals surface area contributed by atoms with Crippen LogP contribution in [-0.4, -0.2) is 77.3 Å². The van der Waals surface area contributed by atoms with Gasteiger partial charge in [-0.2, -0.15) is 0 Å². The van der Waals surface area contributed by atoms with Crippen LogP contribution in [0.5, 0.6) is 0 Å². The largest absolute Gasteiger partial charge is 0.390 e. The van der Waals surface area contributed by atoms with Crippen LogP contribution in [0.25, 0.3) is 11.1 Å². The molecule has 0 bridgehead atoms. The number of likely N-dealkylation sites (N-methyl/N-ethyl adjacent to an activating group) is 1. The molecule has 196 valence electrons. The normalized spacial score (nSPS) is 15.4. The lowest BCUT2D eigenvalue weighted by Crippen LogP contribution is -2.48. The lowest BCUT2D eigenvalue weighted by Gasteiger charge is -2.34. The van der Waals surface area contributed by atoms with Crippen LogP contribution in [0.4, 0.5) is 10.5 Å². The molecular formula is C30H39N5O2. The zero-order valence-corrected chi connectivity index (χ0v) is 21.7. The van der Waals surface area contributed by atoms with Crippen molar-refractivity contribution in [1.29, 1.82) is 0 Å². The lowest BCUT2D eigenvalue weighted by atomic mass is 10.0. The van der Waals surface area contributed by atoms with Crippen LogP contribution in [-0.2, 0) is 6.42 Å². The number of aliphatic hydroxyl groups excluding tert-OH is 1. The molecule has 4 rings (SSSR count). The average Bonchev–Trinajstić information content (AvgIpc) is 2.93. The highest BCUT2D eigenvalue weighted by molar-refractivity contribution is 5.94. The molecule has 3 aromatic rings. The first-order chi connectivity index (χ1) is 18.1. The number of anilines is 1. The number of aliphatic hydroxyl groups is 1. The van der Waals surface area contributed by atoms with Crippen molar-refractivity contribution in [2.45, 2.75) is 38.3 Å². The molecule has 1 aliphatic rings. The molecule has 0 radical (unpaired) electrons. The third-order valence-electron chi connectivity index (χ3n) is 6.98. The van der Waals surface area contributed by atoms with Crippen LogP contribution >= 0.6 is 0 Å². The number of para-hydroxylation sites is 1. The number of benzene rings is 2. The Bertz CT molecular complexity index is 1090. The number of amides is 2. The fraction of sp³-hybridized carbons (Fsp3) is 0.400. The Balaban J connectivity index is 1.18. The van der Waals surface area contributed by atoms with E-state index in [9.17, 15) is 9.90 Å². The molecule has 3 N–H and O–H groups in total. The number of nitrogens with zero attached hydrogens (tertiary/aromatic N) is 3. The Morgan fingerprint density at radius 1 is 1.05 bits per heavy atom. The first kappa shape index (κ1) is 26.8. The summed E-state index contributed by atoms with van der Waals surface area (Å²) in [6.07, 6.45) is 4.06. The van der Waals surface area contributed by atoms with Gasteiger partial charge in [0.25, 0.3) is 0 Å². The van der Waals surface area contributed by atoms with E-state index < -0.39 is 6.10 Å². The molecule has 1 atom stereocenters. The minimum atomic E-state index is -0.397. The second kappa shape index (κ2) is 13.9. The predicted octanol–water partition coefficient (Wildman–Crippen LogP) is 4.26. The van der Waals surface area contributed by atoms with Crippen LogP contribution in [0.2, 0.25) is 0 Å². The maximum Gasteiger partial charge on any atom is 0.319 e. The van der Waals surface area contributed by atoms with Crippen molar-refractivity contribution in [3.05, 3.63) is 84.7 Å². The number of hydrogen-bond donors (Lipinski definition) is 3. The summed E-state index contributed by atoms with van der Waals surface area (Å²) in [5.74, 6) is 0. The zero-order chi connectivity index (χ0) is 25.9. The van der Waals surface area contributed by atoms with Crippen molar-refractivity contribution in [2.24, 2.45) is 0 Å². The first-order valence-electron chi connectivity index (χ1n) is 13.4. The van der Waals surface area contributed by atoms with Gasteiger partial charge in [0.2, 0.25) is 0 Å². The number of β-amino-alcohol motifs (C(OH)–C–C–N with tert-alkyl or cyclic N) is 1. The van der Waals surface area contributed by atoms with Gasteiger partial charge in [0.1, 0.15) is 0 Å². The third kappa shape index (κ3) is 8.39. The topological polar surface area (TPSA) is 80.7 Å². The molecular weight excluding hydrogens is 462 g/mol. The van der Waals surface area contributed by atoms with E-state index in [1.165, 1.54) is 0 Å². The lowest BCUT2D eigenvalue weighted by molar-refractivity contribution is 0.0651. The molecule has 1 aromatic heterocycles. The molecule has 0 aliphatic carbocycles. The van der Waals surface area contributed by atoms with E-state index in [0.29, 0.717) is 13.1 Å². The number of hydrogen-bond acceptors (Lipinski definition) is 5. The number of nitrogens with one attached hydrogen (secondary N) is 2. The summed E-state index contributed by atoms with van der Waals surface area (Å²) in [4.78, 5) is 21.7. The van der Waals surface area contributed by atoms with Crippen molar-refractivity contribution in [1.82, 2.24) is 20.1 Å². The minimum absolute atomic E-state index is 0.128. The number of pyridine rings is 1. The monoisotopic (exact) mass is 501 g/mol. The highest BCUT2D eigenvalue weighted by atomic mass is 16.3. The number of aromatic nitrogens is 1. The van der Waals surface area contributed by atoms with Gasteiger partial charge in [-0.05, 0) is 43.1 Å². The molecule has 7 heteroatoms. The van der Waals surface area contributed by atoms with E-state index >= 15 is 0 Å². The fourth-order valence-corrected chi connectivity index (χ4v) is 4.92. The molecule has 0 saturated carbocycles. The van der Waals surface area contributed by atoms with Gasteiger partial charge in [-0.25, -0.2) is 4.79 Å². The highest BCUT2D eigenvalue weighted by Crippen LogP contribution is 2.27. The summed E-state index contributed by atoms with van der Waals surface area (Å²) in [6, 6.07) is 23.9. The van der Waals surface area contributed by atoms with Gasteiger partial charge in [0, 0.05) is 62.6 Å². The standard InChI is InChI=1S/C30H39N5O2/c1-2-34(19-15-25-12-8-9-18-31-25)22-27(36)23-35-20-16-26(17-21-35)32-30(37)33-29-14-7-6-13-28(29)24-10-4-3-5-11-24/h3-14,18,26-27,36H,2,15-17,19-23H2,1H3,(H2,32,33,37). The van der Waals surface area contributed by atoms with Gasteiger partial charge in [0.05, 0.1) is 11.8 Å². The van der Waals surface area contributed by atoms with E-state index in [-0.39, 0.29) is 12.1 Å². The Morgan fingerprint density at radius 2 is 1.78 bits per heavy atom. The second-order valence-corrected chi connectivity index (χ2v) is 9.70. The molecule has 37 heavy (non-hydrogen) atoms. The van der Waals surface area contributed by atoms with E-state index in [1.807, 2.05) is 79.0 Å². The van der Waals surface area contributed by atoms with Crippen LogP contribution in [0.1, 0.15) is 25.5 Å². The molecule has 2 aromatic carbocycles. The summed E-state index contributed by atoms with van der Waals surface area (Å²) in [5.41, 5.74) is 3.96. The number of likely N-dealkylation sites (tertiary alicyclic amines) is 1. The number of carbonyl (C=O) groups excluding carboxylic acids is 1. The van der Waals surface area contributed by atoms with Crippen molar-refractivity contribution < 1.29 is 9.90 Å². The smallest absolute Gasteiger partial charge is 0.319 e. The van der Waals surface area contributed by atoms with Crippen LogP contribution < -0.4 is 10.6 Å². The third-order valence-corrected chi connectivity index (χ3v) is 6.98. The molecule has 2 heterocycles. The number of urea groups is 1. The van der Waals surface area contributed by atoms with E-state index in [0.717, 1.165) is 67.9 Å². The first-order valence-corrected chi connectivity index (χ1v) is 13.4. The van der Waals surface area contributed by atoms with Crippen LogP contribution in [0.15, 0.2) is 79.0 Å². The van der Waals surface area contributed by atoms with E-state index in [1.54, 1.807) is 0 Å². The van der Waals surface area contributed by atoms with Crippen LogP contribution in [0, 0.1) is 0 Å². The van der Waals surface area contributed by atoms with Gasteiger partial charge in [-0.1, -0.05) is 61.5 Å². The number of carbonyl (C=O) groups is 1. The highest BCUT2D eigenvalue weighted by Gasteiger charge is 2.23. The van der Waals surface area contributed by atoms with E-state index in [2.05, 4.69) is 32.3 Å². The maximum atomic E-state index is 12.8. The van der Waals surface area contributed by atoms with Gasteiger partial charge in [-0.15, -0.1) is 0 Å². The van der Waals surface area contributed by atoms with Crippen molar-refractivity contribution in [3.63, 3.8) is 0 Å². The van der Waals surface area contributed by atoms with Gasteiger partial charge in [0.15, 0.2) is 0 Å². The Labute approximate surface area is 220 Å². The molecule has 1 aliphatic heterocycles. The molecule has 1 fully saturated rings. The Morgan fingerprint density at radius 3 is 2.51 bits per heavy atom. The van der Waals surface area contributed by atoms with Gasteiger partial charge in [-0.3, -0.25) is 4.98 Å². The number of piperidine rings is 1. The van der Waals surface area contributed by atoms with Gasteiger partial charge < -0.3 is 25.5 Å².